The summed E-state index contributed by atoms with van der Waals surface area (Å²) in [5.74, 6) is 1.55. The molecule has 0 fully saturated rings. The lowest BCUT2D eigenvalue weighted by Crippen LogP contribution is -2.19. The van der Waals surface area contributed by atoms with Gasteiger partial charge in [-0.15, -0.1) is 0 Å². The predicted molar refractivity (Wildman–Crippen MR) is 106 cm³/mol. The summed E-state index contributed by atoms with van der Waals surface area (Å²) in [4.78, 5) is 0. The van der Waals surface area contributed by atoms with Gasteiger partial charge in [0, 0.05) is 17.1 Å². The molecule has 0 unspecified atom stereocenters. The maximum absolute atomic E-state index is 6.15. The van der Waals surface area contributed by atoms with E-state index < -0.39 is 0 Å². The Bertz CT molecular complexity index is 827. The average Bonchev–Trinajstić information content (AvgIpc) is 2.62. The summed E-state index contributed by atoms with van der Waals surface area (Å²) in [6.45, 7) is 6.75. The van der Waals surface area contributed by atoms with Crippen LogP contribution in [0.5, 0.6) is 5.75 Å². The van der Waals surface area contributed by atoms with E-state index in [4.69, 9.17) is 16.3 Å². The van der Waals surface area contributed by atoms with Gasteiger partial charge in [0.15, 0.2) is 0 Å². The van der Waals surface area contributed by atoms with Crippen molar-refractivity contribution < 1.29 is 4.74 Å². The van der Waals surface area contributed by atoms with Gasteiger partial charge in [0.05, 0.1) is 0 Å². The molecule has 0 saturated heterocycles. The van der Waals surface area contributed by atoms with Crippen molar-refractivity contribution >= 4 is 22.4 Å². The molecule has 0 spiro atoms. The molecular weight excluding hydrogens is 330 g/mol. The second-order valence-electron chi connectivity index (χ2n) is 6.70. The van der Waals surface area contributed by atoms with Crippen LogP contribution in [0.1, 0.15) is 25.0 Å². The van der Waals surface area contributed by atoms with Crippen molar-refractivity contribution in [3.05, 3.63) is 76.8 Å². The Balaban J connectivity index is 1.83. The lowest BCUT2D eigenvalue weighted by atomic mass is 10.0. The van der Waals surface area contributed by atoms with Crippen LogP contribution in [0.15, 0.2) is 60.7 Å². The number of fused-ring (bicyclic) bond motifs is 1. The lowest BCUT2D eigenvalue weighted by Gasteiger charge is -2.16. The molecule has 3 aromatic rings. The van der Waals surface area contributed by atoms with Crippen molar-refractivity contribution in [2.24, 2.45) is 5.92 Å². The molecule has 3 heteroatoms. The molecule has 0 amide bonds. The van der Waals surface area contributed by atoms with E-state index in [0.29, 0.717) is 12.5 Å². The third kappa shape index (κ3) is 4.75. The minimum absolute atomic E-state index is 0.534. The lowest BCUT2D eigenvalue weighted by molar-refractivity contribution is 0.302. The maximum atomic E-state index is 6.15. The van der Waals surface area contributed by atoms with Crippen LogP contribution in [-0.4, -0.2) is 6.54 Å². The molecule has 0 aliphatic rings. The smallest absolute Gasteiger partial charge is 0.124 e. The molecule has 2 nitrogen and oxygen atoms in total. The summed E-state index contributed by atoms with van der Waals surface area (Å²) in [5.41, 5.74) is 2.33. The van der Waals surface area contributed by atoms with Crippen LogP contribution < -0.4 is 10.1 Å². The van der Waals surface area contributed by atoms with E-state index in [9.17, 15) is 0 Å². The predicted octanol–water partition coefficient (Wildman–Crippen LogP) is 5.82. The number of nitrogens with one attached hydrogen (secondary N) is 1. The van der Waals surface area contributed by atoms with Crippen molar-refractivity contribution in [3.63, 3.8) is 0 Å². The third-order valence-electron chi connectivity index (χ3n) is 4.16. The highest BCUT2D eigenvalue weighted by atomic mass is 35.5. The number of halogens is 1. The monoisotopic (exact) mass is 353 g/mol. The van der Waals surface area contributed by atoms with Crippen LogP contribution in [0.25, 0.3) is 10.8 Å². The number of hydrogen-bond acceptors (Lipinski definition) is 2. The first kappa shape index (κ1) is 17.8. The molecule has 0 bridgehead atoms. The van der Waals surface area contributed by atoms with Crippen molar-refractivity contribution in [1.82, 2.24) is 5.32 Å². The summed E-state index contributed by atoms with van der Waals surface area (Å²) in [7, 11) is 0. The van der Waals surface area contributed by atoms with Crippen LogP contribution in [0.4, 0.5) is 0 Å². The van der Waals surface area contributed by atoms with E-state index in [0.717, 1.165) is 29.4 Å². The van der Waals surface area contributed by atoms with E-state index in [1.54, 1.807) is 0 Å². The molecule has 3 aromatic carbocycles. The topological polar surface area (TPSA) is 21.3 Å². The summed E-state index contributed by atoms with van der Waals surface area (Å²) in [6, 6.07) is 20.4. The maximum Gasteiger partial charge on any atom is 0.124 e. The van der Waals surface area contributed by atoms with Gasteiger partial charge in [-0.1, -0.05) is 67.9 Å². The molecule has 0 aliphatic heterocycles. The van der Waals surface area contributed by atoms with Gasteiger partial charge >= 0.3 is 0 Å². The first-order valence-electron chi connectivity index (χ1n) is 8.72. The Labute approximate surface area is 154 Å². The molecule has 130 valence electrons. The number of ether oxygens (including phenoxy) is 1. The fourth-order valence-corrected chi connectivity index (χ4v) is 2.99. The zero-order valence-electron chi connectivity index (χ0n) is 14.8. The standard InChI is InChI=1S/C22H24ClNO/c1-16(2)13-24-14-21-20-6-4-3-5-18(20)9-12-22(21)25-15-17-7-10-19(23)11-8-17/h3-12,16,24H,13-15H2,1-2H3. The summed E-state index contributed by atoms with van der Waals surface area (Å²) in [6.07, 6.45) is 0. The van der Waals surface area contributed by atoms with Gasteiger partial charge in [0.25, 0.3) is 0 Å². The minimum atomic E-state index is 0.534. The molecule has 0 aliphatic carbocycles. The molecule has 0 radical (unpaired) electrons. The van der Waals surface area contributed by atoms with Gasteiger partial charge in [-0.05, 0) is 47.0 Å². The van der Waals surface area contributed by atoms with Gasteiger partial charge in [0.2, 0.25) is 0 Å². The quantitative estimate of drug-likeness (QED) is 0.578. The van der Waals surface area contributed by atoms with E-state index in [1.807, 2.05) is 24.3 Å². The molecule has 0 heterocycles. The molecule has 25 heavy (non-hydrogen) atoms. The van der Waals surface area contributed by atoms with Crippen molar-refractivity contribution in [3.8, 4) is 5.75 Å². The van der Waals surface area contributed by atoms with Crippen molar-refractivity contribution in [2.45, 2.75) is 27.0 Å². The van der Waals surface area contributed by atoms with E-state index in [-0.39, 0.29) is 0 Å². The van der Waals surface area contributed by atoms with Crippen LogP contribution in [0.2, 0.25) is 5.02 Å². The minimum Gasteiger partial charge on any atom is -0.489 e. The molecule has 0 aromatic heterocycles. The van der Waals surface area contributed by atoms with Crippen LogP contribution in [-0.2, 0) is 13.2 Å². The molecule has 0 saturated carbocycles. The SMILES string of the molecule is CC(C)CNCc1c(OCc2ccc(Cl)cc2)ccc2ccccc12. The van der Waals surface area contributed by atoms with Crippen LogP contribution >= 0.6 is 11.6 Å². The zero-order chi connectivity index (χ0) is 17.6. The van der Waals surface area contributed by atoms with Gasteiger partial charge in [-0.2, -0.15) is 0 Å². The molecule has 1 N–H and O–H groups in total. The second-order valence-corrected chi connectivity index (χ2v) is 7.14. The summed E-state index contributed by atoms with van der Waals surface area (Å²) >= 11 is 5.95. The van der Waals surface area contributed by atoms with Crippen molar-refractivity contribution in [2.75, 3.05) is 6.54 Å². The van der Waals surface area contributed by atoms with E-state index in [1.165, 1.54) is 16.3 Å². The van der Waals surface area contributed by atoms with Crippen LogP contribution in [0.3, 0.4) is 0 Å². The highest BCUT2D eigenvalue weighted by Crippen LogP contribution is 2.29. The van der Waals surface area contributed by atoms with Gasteiger partial charge in [0.1, 0.15) is 12.4 Å². The molecule has 3 rings (SSSR count). The van der Waals surface area contributed by atoms with Crippen molar-refractivity contribution in [1.29, 1.82) is 0 Å². The molecular formula is C22H24ClNO. The summed E-state index contributed by atoms with van der Waals surface area (Å²) < 4.78 is 6.15. The fraction of sp³-hybridized carbons (Fsp3) is 0.273. The Hall–Kier alpha value is -2.03. The number of benzene rings is 3. The zero-order valence-corrected chi connectivity index (χ0v) is 15.5. The average molecular weight is 354 g/mol. The number of hydrogen-bond donors (Lipinski definition) is 1. The molecule has 0 atom stereocenters. The van der Waals surface area contributed by atoms with E-state index >= 15 is 0 Å². The highest BCUT2D eigenvalue weighted by molar-refractivity contribution is 6.30. The Morgan fingerprint density at radius 3 is 2.48 bits per heavy atom. The van der Waals surface area contributed by atoms with Gasteiger partial charge in [-0.25, -0.2) is 0 Å². The van der Waals surface area contributed by atoms with Crippen LogP contribution in [0, 0.1) is 5.92 Å². The number of rotatable bonds is 7. The Morgan fingerprint density at radius 2 is 1.72 bits per heavy atom. The van der Waals surface area contributed by atoms with E-state index in [2.05, 4.69) is 55.6 Å². The van der Waals surface area contributed by atoms with Gasteiger partial charge < -0.3 is 10.1 Å². The Kier molecular flexibility index (Phi) is 5.95. The third-order valence-corrected chi connectivity index (χ3v) is 4.41. The summed E-state index contributed by atoms with van der Waals surface area (Å²) in [5, 5.41) is 6.77. The highest BCUT2D eigenvalue weighted by Gasteiger charge is 2.09. The first-order valence-corrected chi connectivity index (χ1v) is 9.10. The second kappa shape index (κ2) is 8.37. The first-order chi connectivity index (χ1) is 12.1. The Morgan fingerprint density at radius 1 is 0.960 bits per heavy atom. The van der Waals surface area contributed by atoms with Gasteiger partial charge in [-0.3, -0.25) is 0 Å². The fourth-order valence-electron chi connectivity index (χ4n) is 2.86. The normalized spacial score (nSPS) is 11.2. The largest absolute Gasteiger partial charge is 0.489 e.